The summed E-state index contributed by atoms with van der Waals surface area (Å²) in [5, 5.41) is 28.1. The number of phenolic OH excluding ortho intramolecular Hbond substituents is 1. The maximum atomic E-state index is 13.0. The van der Waals surface area contributed by atoms with Gasteiger partial charge in [-0.15, -0.1) is 0 Å². The number of hydrogen-bond donors (Lipinski definition) is 5. The van der Waals surface area contributed by atoms with Crippen LogP contribution in [0, 0.1) is 16.0 Å². The average molecular weight is 486 g/mol. The zero-order chi connectivity index (χ0) is 26.1. The lowest BCUT2D eigenvalue weighted by Gasteiger charge is -2.23. The van der Waals surface area contributed by atoms with Gasteiger partial charge < -0.3 is 26.8 Å². The Morgan fingerprint density at radius 3 is 2.09 bits per heavy atom. The van der Waals surface area contributed by atoms with E-state index in [1.54, 1.807) is 12.1 Å². The molecule has 2 aromatic rings. The number of benzene rings is 2. The molecule has 0 unspecified atom stereocenters. The summed E-state index contributed by atoms with van der Waals surface area (Å²) in [5.74, 6) is -1.37. The van der Waals surface area contributed by atoms with Crippen LogP contribution in [0.15, 0.2) is 48.5 Å². The summed E-state index contributed by atoms with van der Waals surface area (Å²) < 4.78 is 0. The van der Waals surface area contributed by atoms with Crippen molar-refractivity contribution in [3.05, 3.63) is 64.2 Å². The van der Waals surface area contributed by atoms with Gasteiger partial charge in [-0.1, -0.05) is 26.0 Å². The van der Waals surface area contributed by atoms with Gasteiger partial charge in [0, 0.05) is 24.2 Å². The average Bonchev–Trinajstić information content (AvgIpc) is 2.79. The number of nitrogens with zero attached hydrogens (tertiary/aromatic N) is 1. The van der Waals surface area contributed by atoms with Crippen molar-refractivity contribution in [1.82, 2.24) is 10.6 Å². The lowest BCUT2D eigenvalue weighted by atomic mass is 10.0. The quantitative estimate of drug-likeness (QED) is 0.238. The number of non-ortho nitro benzene ring substituents is 1. The van der Waals surface area contributed by atoms with Crippen molar-refractivity contribution in [3.8, 4) is 5.75 Å². The van der Waals surface area contributed by atoms with E-state index in [1.165, 1.54) is 43.3 Å². The number of nitro benzene ring substituents is 1. The number of anilines is 1. The zero-order valence-electron chi connectivity index (χ0n) is 19.9. The van der Waals surface area contributed by atoms with E-state index >= 15 is 0 Å². The minimum absolute atomic E-state index is 0.0641. The van der Waals surface area contributed by atoms with Crippen LogP contribution in [0.4, 0.5) is 11.4 Å². The van der Waals surface area contributed by atoms with Gasteiger partial charge in [0.25, 0.3) is 5.69 Å². The van der Waals surface area contributed by atoms with E-state index in [9.17, 15) is 29.6 Å². The van der Waals surface area contributed by atoms with Crippen LogP contribution in [-0.4, -0.2) is 45.9 Å². The second-order valence-electron chi connectivity index (χ2n) is 8.69. The van der Waals surface area contributed by atoms with Crippen LogP contribution in [0.5, 0.6) is 5.75 Å². The van der Waals surface area contributed by atoms with Crippen molar-refractivity contribution in [3.63, 3.8) is 0 Å². The lowest BCUT2D eigenvalue weighted by molar-refractivity contribution is -0.384. The molecule has 0 aliphatic carbocycles. The van der Waals surface area contributed by atoms with Crippen LogP contribution in [-0.2, 0) is 20.8 Å². The van der Waals surface area contributed by atoms with Gasteiger partial charge in [-0.25, -0.2) is 0 Å². The summed E-state index contributed by atoms with van der Waals surface area (Å²) in [6.07, 6.45) is 0.552. The number of phenols is 1. The highest BCUT2D eigenvalue weighted by Crippen LogP contribution is 2.16. The molecular formula is C24H31N5O6. The Bertz CT molecular complexity index is 1040. The summed E-state index contributed by atoms with van der Waals surface area (Å²) in [6.45, 7) is 5.33. The number of nitrogens with one attached hydrogen (secondary N) is 3. The van der Waals surface area contributed by atoms with Gasteiger partial charge in [-0.3, -0.25) is 24.5 Å². The van der Waals surface area contributed by atoms with E-state index in [2.05, 4.69) is 16.0 Å². The molecule has 11 heteroatoms. The summed E-state index contributed by atoms with van der Waals surface area (Å²) in [6, 6.07) is 8.68. The molecule has 0 radical (unpaired) electrons. The van der Waals surface area contributed by atoms with Crippen LogP contribution < -0.4 is 21.7 Å². The highest BCUT2D eigenvalue weighted by atomic mass is 16.6. The number of amides is 3. The van der Waals surface area contributed by atoms with Crippen molar-refractivity contribution in [2.24, 2.45) is 11.7 Å². The fraction of sp³-hybridized carbons (Fsp3) is 0.375. The summed E-state index contributed by atoms with van der Waals surface area (Å²) in [4.78, 5) is 48.4. The lowest BCUT2D eigenvalue weighted by Crippen LogP contribution is -2.55. The number of aromatic hydroxyl groups is 1. The Kier molecular flexibility index (Phi) is 9.71. The first-order chi connectivity index (χ1) is 16.5. The molecule has 0 aromatic heterocycles. The van der Waals surface area contributed by atoms with Gasteiger partial charge in [0.2, 0.25) is 17.7 Å². The number of nitro groups is 1. The molecule has 3 amide bonds. The predicted octanol–water partition coefficient (Wildman–Crippen LogP) is 1.84. The molecule has 2 aromatic carbocycles. The number of carbonyl (C=O) groups excluding carboxylic acids is 3. The smallest absolute Gasteiger partial charge is 0.269 e. The van der Waals surface area contributed by atoms with E-state index in [0.29, 0.717) is 17.7 Å². The van der Waals surface area contributed by atoms with E-state index in [-0.39, 0.29) is 23.8 Å². The van der Waals surface area contributed by atoms with Crippen LogP contribution in [0.3, 0.4) is 0 Å². The third-order valence-electron chi connectivity index (χ3n) is 5.17. The Morgan fingerprint density at radius 1 is 0.943 bits per heavy atom. The molecule has 35 heavy (non-hydrogen) atoms. The fourth-order valence-corrected chi connectivity index (χ4v) is 3.27. The standard InChI is InChI=1S/C24H31N5O6/c1-14(2)12-20(25)23(32)28-21(13-16-4-10-19(30)11-5-16)24(33)26-15(3)22(31)27-17-6-8-18(9-7-17)29(34)35/h4-11,14-15,20-21,30H,12-13,25H2,1-3H3,(H,26,33)(H,27,31)(H,28,32)/t15-,20-,21-/m0/s1. The fourth-order valence-electron chi connectivity index (χ4n) is 3.27. The van der Waals surface area contributed by atoms with Gasteiger partial charge in [0.15, 0.2) is 0 Å². The van der Waals surface area contributed by atoms with E-state index in [1.807, 2.05) is 13.8 Å². The molecular weight excluding hydrogens is 454 g/mol. The molecule has 6 N–H and O–H groups in total. The summed E-state index contributed by atoms with van der Waals surface area (Å²) >= 11 is 0. The molecule has 3 atom stereocenters. The van der Waals surface area contributed by atoms with Crippen molar-refractivity contribution in [1.29, 1.82) is 0 Å². The number of nitrogens with two attached hydrogens (primary N) is 1. The highest BCUT2D eigenvalue weighted by Gasteiger charge is 2.27. The van der Waals surface area contributed by atoms with Gasteiger partial charge in [-0.2, -0.15) is 0 Å². The molecule has 0 spiro atoms. The second kappa shape index (κ2) is 12.5. The predicted molar refractivity (Wildman–Crippen MR) is 131 cm³/mol. The third-order valence-corrected chi connectivity index (χ3v) is 5.17. The first-order valence-electron chi connectivity index (χ1n) is 11.2. The van der Waals surface area contributed by atoms with Crippen LogP contribution >= 0.6 is 0 Å². The minimum atomic E-state index is -1.01. The molecule has 0 aliphatic heterocycles. The van der Waals surface area contributed by atoms with Crippen LogP contribution in [0.2, 0.25) is 0 Å². The number of hydrogen-bond acceptors (Lipinski definition) is 7. The summed E-state index contributed by atoms with van der Waals surface area (Å²) in [7, 11) is 0. The molecule has 188 valence electrons. The SMILES string of the molecule is CC(C)C[C@H](N)C(=O)N[C@@H](Cc1ccc(O)cc1)C(=O)N[C@@H](C)C(=O)Nc1ccc([N+](=O)[O-])cc1. The maximum absolute atomic E-state index is 13.0. The van der Waals surface area contributed by atoms with Crippen molar-refractivity contribution in [2.75, 3.05) is 5.32 Å². The molecule has 11 nitrogen and oxygen atoms in total. The minimum Gasteiger partial charge on any atom is -0.508 e. The highest BCUT2D eigenvalue weighted by molar-refractivity contribution is 5.98. The van der Waals surface area contributed by atoms with Crippen molar-refractivity contribution >= 4 is 29.1 Å². The largest absolute Gasteiger partial charge is 0.508 e. The molecule has 0 bridgehead atoms. The molecule has 0 heterocycles. The topological polar surface area (TPSA) is 177 Å². The Morgan fingerprint density at radius 2 is 1.54 bits per heavy atom. The third kappa shape index (κ3) is 8.70. The first-order valence-corrected chi connectivity index (χ1v) is 11.2. The van der Waals surface area contributed by atoms with E-state index < -0.39 is 40.8 Å². The Labute approximate surface area is 203 Å². The van der Waals surface area contributed by atoms with E-state index in [4.69, 9.17) is 5.73 Å². The zero-order valence-corrected chi connectivity index (χ0v) is 19.9. The Hall–Kier alpha value is -3.99. The summed E-state index contributed by atoms with van der Waals surface area (Å²) in [5.41, 5.74) is 6.86. The van der Waals surface area contributed by atoms with Gasteiger partial charge in [0.05, 0.1) is 11.0 Å². The number of rotatable bonds is 11. The van der Waals surface area contributed by atoms with Gasteiger partial charge in [0.1, 0.15) is 17.8 Å². The molecule has 2 rings (SSSR count). The Balaban J connectivity index is 2.08. The maximum Gasteiger partial charge on any atom is 0.269 e. The van der Waals surface area contributed by atoms with Crippen molar-refractivity contribution < 1.29 is 24.4 Å². The van der Waals surface area contributed by atoms with E-state index in [0.717, 1.165) is 0 Å². The monoisotopic (exact) mass is 485 g/mol. The van der Waals surface area contributed by atoms with Gasteiger partial charge in [-0.05, 0) is 49.1 Å². The van der Waals surface area contributed by atoms with Crippen molar-refractivity contribution in [2.45, 2.75) is 51.7 Å². The van der Waals surface area contributed by atoms with Crippen LogP contribution in [0.1, 0.15) is 32.8 Å². The number of carbonyl (C=O) groups is 3. The van der Waals surface area contributed by atoms with Gasteiger partial charge >= 0.3 is 0 Å². The first kappa shape index (κ1) is 27.3. The normalized spacial score (nSPS) is 13.4. The second-order valence-corrected chi connectivity index (χ2v) is 8.69. The molecule has 0 saturated heterocycles. The molecule has 0 saturated carbocycles. The molecule has 0 aliphatic rings. The molecule has 0 fully saturated rings. The van der Waals surface area contributed by atoms with Crippen LogP contribution in [0.25, 0.3) is 0 Å².